The molecule has 1 heterocycles. The van der Waals surface area contributed by atoms with Gasteiger partial charge in [-0.15, -0.1) is 10.2 Å². The van der Waals surface area contributed by atoms with Crippen LogP contribution in [0.15, 0.2) is 78.0 Å². The van der Waals surface area contributed by atoms with Crippen LogP contribution in [-0.4, -0.2) is 20.8 Å². The fourth-order valence-electron chi connectivity index (χ4n) is 3.47. The third kappa shape index (κ3) is 6.02. The summed E-state index contributed by atoms with van der Waals surface area (Å²) in [4.78, 5) is 12.5. The minimum absolute atomic E-state index is 0.254. The highest BCUT2D eigenvalue weighted by molar-refractivity contribution is 7.98. The molecule has 0 spiro atoms. The zero-order chi connectivity index (χ0) is 23.2. The van der Waals surface area contributed by atoms with Crippen LogP contribution in [0.25, 0.3) is 5.69 Å². The monoisotopic (exact) mass is 457 g/mol. The molecule has 0 bridgehead atoms. The molecule has 6 nitrogen and oxygen atoms in total. The maximum atomic E-state index is 12.5. The molecule has 0 aliphatic carbocycles. The SMILES string of the molecule is Cc1ccc(-n2c(CNC(=O)Nc3cccc(C)c3)nnc2SCc2cccc(C)c2)cc1. The van der Waals surface area contributed by atoms with E-state index in [1.54, 1.807) is 11.8 Å². The summed E-state index contributed by atoms with van der Waals surface area (Å²) >= 11 is 1.63. The van der Waals surface area contributed by atoms with Crippen molar-refractivity contribution >= 4 is 23.5 Å². The van der Waals surface area contributed by atoms with Gasteiger partial charge in [0.2, 0.25) is 0 Å². The number of thioether (sulfide) groups is 1. The van der Waals surface area contributed by atoms with Crippen molar-refractivity contribution in [1.82, 2.24) is 20.1 Å². The summed E-state index contributed by atoms with van der Waals surface area (Å²) in [5, 5.41) is 15.4. The molecule has 168 valence electrons. The Kier molecular flexibility index (Phi) is 7.10. The summed E-state index contributed by atoms with van der Waals surface area (Å²) < 4.78 is 2.01. The van der Waals surface area contributed by atoms with Gasteiger partial charge in [0, 0.05) is 17.1 Å². The molecule has 4 aromatic rings. The molecule has 0 aliphatic heterocycles. The van der Waals surface area contributed by atoms with Gasteiger partial charge in [-0.1, -0.05) is 71.4 Å². The predicted molar refractivity (Wildman–Crippen MR) is 134 cm³/mol. The lowest BCUT2D eigenvalue weighted by Gasteiger charge is -2.12. The molecule has 0 atom stereocenters. The van der Waals surface area contributed by atoms with Crippen molar-refractivity contribution in [2.24, 2.45) is 0 Å². The number of nitrogens with zero attached hydrogens (tertiary/aromatic N) is 3. The second-order valence-electron chi connectivity index (χ2n) is 8.02. The largest absolute Gasteiger partial charge is 0.331 e. The van der Waals surface area contributed by atoms with E-state index < -0.39 is 0 Å². The van der Waals surface area contributed by atoms with Crippen molar-refractivity contribution in [2.75, 3.05) is 5.32 Å². The van der Waals surface area contributed by atoms with Gasteiger partial charge in [-0.25, -0.2) is 4.79 Å². The van der Waals surface area contributed by atoms with Gasteiger partial charge in [0.05, 0.1) is 6.54 Å². The third-order valence-electron chi connectivity index (χ3n) is 5.13. The van der Waals surface area contributed by atoms with Gasteiger partial charge < -0.3 is 10.6 Å². The number of amides is 2. The van der Waals surface area contributed by atoms with E-state index in [1.807, 2.05) is 47.9 Å². The fourth-order valence-corrected chi connectivity index (χ4v) is 4.38. The van der Waals surface area contributed by atoms with Crippen LogP contribution in [0.2, 0.25) is 0 Å². The van der Waals surface area contributed by atoms with Crippen molar-refractivity contribution in [2.45, 2.75) is 38.2 Å². The maximum Gasteiger partial charge on any atom is 0.319 e. The Labute approximate surface area is 198 Å². The highest BCUT2D eigenvalue weighted by Gasteiger charge is 2.16. The number of hydrogen-bond acceptors (Lipinski definition) is 4. The fraction of sp³-hybridized carbons (Fsp3) is 0.192. The van der Waals surface area contributed by atoms with Crippen LogP contribution in [0, 0.1) is 20.8 Å². The van der Waals surface area contributed by atoms with Crippen molar-refractivity contribution in [3.63, 3.8) is 0 Å². The van der Waals surface area contributed by atoms with Gasteiger partial charge in [-0.3, -0.25) is 4.57 Å². The van der Waals surface area contributed by atoms with Gasteiger partial charge in [-0.05, 0) is 56.2 Å². The van der Waals surface area contributed by atoms with Crippen LogP contribution in [0.3, 0.4) is 0 Å². The highest BCUT2D eigenvalue weighted by Crippen LogP contribution is 2.26. The molecule has 0 fully saturated rings. The van der Waals surface area contributed by atoms with Crippen molar-refractivity contribution in [1.29, 1.82) is 0 Å². The van der Waals surface area contributed by atoms with Crippen LogP contribution in [0.1, 0.15) is 28.1 Å². The first-order valence-electron chi connectivity index (χ1n) is 10.8. The summed E-state index contributed by atoms with van der Waals surface area (Å²) in [5.74, 6) is 1.46. The molecule has 0 saturated heterocycles. The van der Waals surface area contributed by atoms with E-state index >= 15 is 0 Å². The Hall–Kier alpha value is -3.58. The van der Waals surface area contributed by atoms with Crippen molar-refractivity contribution in [3.8, 4) is 5.69 Å². The van der Waals surface area contributed by atoms with Crippen LogP contribution >= 0.6 is 11.8 Å². The van der Waals surface area contributed by atoms with Gasteiger partial charge in [0.25, 0.3) is 0 Å². The van der Waals surface area contributed by atoms with E-state index in [0.717, 1.165) is 27.8 Å². The van der Waals surface area contributed by atoms with E-state index in [0.29, 0.717) is 5.82 Å². The molecular formula is C26H27N5OS. The van der Waals surface area contributed by atoms with E-state index in [4.69, 9.17) is 0 Å². The molecule has 2 N–H and O–H groups in total. The second kappa shape index (κ2) is 10.4. The average molecular weight is 458 g/mol. The number of carbonyl (C=O) groups excluding carboxylic acids is 1. The van der Waals surface area contributed by atoms with Gasteiger partial charge in [0.1, 0.15) is 0 Å². The zero-order valence-electron chi connectivity index (χ0n) is 19.0. The van der Waals surface area contributed by atoms with Crippen LogP contribution in [0.5, 0.6) is 0 Å². The Morgan fingerprint density at radius 2 is 1.61 bits per heavy atom. The first kappa shape index (κ1) is 22.6. The van der Waals surface area contributed by atoms with Crippen molar-refractivity contribution < 1.29 is 4.79 Å². The Morgan fingerprint density at radius 3 is 2.33 bits per heavy atom. The number of urea groups is 1. The molecule has 4 rings (SSSR count). The van der Waals surface area contributed by atoms with Crippen LogP contribution in [-0.2, 0) is 12.3 Å². The van der Waals surface area contributed by atoms with E-state index in [9.17, 15) is 4.79 Å². The zero-order valence-corrected chi connectivity index (χ0v) is 19.8. The predicted octanol–water partition coefficient (Wildman–Crippen LogP) is 5.81. The van der Waals surface area contributed by atoms with Crippen molar-refractivity contribution in [3.05, 3.63) is 101 Å². The number of nitrogens with one attached hydrogen (secondary N) is 2. The summed E-state index contributed by atoms with van der Waals surface area (Å²) in [7, 11) is 0. The standard InChI is InChI=1S/C26H27N5OS/c1-18-10-12-23(13-11-18)31-24(16-27-25(32)28-22-9-5-7-20(3)15-22)29-30-26(31)33-17-21-8-4-6-19(2)14-21/h4-15H,16-17H2,1-3H3,(H2,27,28,32). The maximum absolute atomic E-state index is 12.5. The first-order chi connectivity index (χ1) is 16.0. The van der Waals surface area contributed by atoms with Crippen LogP contribution in [0.4, 0.5) is 10.5 Å². The molecule has 1 aromatic heterocycles. The number of aryl methyl sites for hydroxylation is 3. The lowest BCUT2D eigenvalue weighted by Crippen LogP contribution is -2.29. The molecule has 3 aromatic carbocycles. The van der Waals surface area contributed by atoms with Gasteiger partial charge in [0.15, 0.2) is 11.0 Å². The normalized spacial score (nSPS) is 10.8. The molecule has 33 heavy (non-hydrogen) atoms. The lowest BCUT2D eigenvalue weighted by molar-refractivity contribution is 0.251. The molecular weight excluding hydrogens is 430 g/mol. The molecule has 0 aliphatic rings. The molecule has 0 saturated carbocycles. The van der Waals surface area contributed by atoms with E-state index in [2.05, 4.69) is 71.1 Å². The Balaban J connectivity index is 1.51. The third-order valence-corrected chi connectivity index (χ3v) is 6.13. The molecule has 0 unspecified atom stereocenters. The summed E-state index contributed by atoms with van der Waals surface area (Å²) in [6.07, 6.45) is 0. The Morgan fingerprint density at radius 1 is 0.879 bits per heavy atom. The summed E-state index contributed by atoms with van der Waals surface area (Å²) in [6, 6.07) is 24.1. The minimum atomic E-state index is -0.284. The number of hydrogen-bond donors (Lipinski definition) is 2. The van der Waals surface area contributed by atoms with E-state index in [1.165, 1.54) is 16.7 Å². The highest BCUT2D eigenvalue weighted by atomic mass is 32.2. The number of benzene rings is 3. The summed E-state index contributed by atoms with van der Waals surface area (Å²) in [6.45, 7) is 6.39. The lowest BCUT2D eigenvalue weighted by atomic mass is 10.2. The minimum Gasteiger partial charge on any atom is -0.331 e. The quantitative estimate of drug-likeness (QED) is 0.344. The van der Waals surface area contributed by atoms with Gasteiger partial charge >= 0.3 is 6.03 Å². The van der Waals surface area contributed by atoms with E-state index in [-0.39, 0.29) is 12.6 Å². The molecule has 7 heteroatoms. The second-order valence-corrected chi connectivity index (χ2v) is 8.97. The van der Waals surface area contributed by atoms with Crippen LogP contribution < -0.4 is 10.6 Å². The van der Waals surface area contributed by atoms with Gasteiger partial charge in [-0.2, -0.15) is 0 Å². The topological polar surface area (TPSA) is 71.8 Å². The number of carbonyl (C=O) groups is 1. The molecule has 0 radical (unpaired) electrons. The number of anilines is 1. The summed E-state index contributed by atoms with van der Waals surface area (Å²) in [5.41, 5.74) is 6.45. The number of rotatable bonds is 7. The smallest absolute Gasteiger partial charge is 0.319 e. The number of aromatic nitrogens is 3. The molecule has 2 amide bonds. The first-order valence-corrected chi connectivity index (χ1v) is 11.8. The average Bonchev–Trinajstić information content (AvgIpc) is 3.20. The Bertz CT molecular complexity index is 1250.